The lowest BCUT2D eigenvalue weighted by Gasteiger charge is -2.35. The number of allylic oxidation sites excluding steroid dienone is 1. The van der Waals surface area contributed by atoms with Gasteiger partial charge in [0, 0.05) is 10.6 Å². The molecule has 2 aromatic rings. The second-order valence-electron chi connectivity index (χ2n) is 7.21. The van der Waals surface area contributed by atoms with Crippen molar-refractivity contribution in [2.45, 2.75) is 38.2 Å². The molecule has 2 aromatic carbocycles. The van der Waals surface area contributed by atoms with Gasteiger partial charge in [0.25, 0.3) is 0 Å². The molecular weight excluding hydrogens is 364 g/mol. The van der Waals surface area contributed by atoms with Gasteiger partial charge in [-0.3, -0.25) is 0 Å². The Morgan fingerprint density at radius 3 is 2.52 bits per heavy atom. The normalized spacial score (nSPS) is 18.7. The van der Waals surface area contributed by atoms with Crippen molar-refractivity contribution >= 4 is 17.6 Å². The van der Waals surface area contributed by atoms with Crippen molar-refractivity contribution in [2.24, 2.45) is 0 Å². The van der Waals surface area contributed by atoms with Crippen LogP contribution in [-0.4, -0.2) is 28.9 Å². The molecule has 1 aliphatic rings. The molecule has 142 valence electrons. The number of aliphatic carboxylic acids is 1. The van der Waals surface area contributed by atoms with E-state index in [2.05, 4.69) is 6.58 Å². The minimum absolute atomic E-state index is 0.0208. The number of halogens is 1. The summed E-state index contributed by atoms with van der Waals surface area (Å²) in [6, 6.07) is 11.6. The van der Waals surface area contributed by atoms with Crippen molar-refractivity contribution in [3.63, 3.8) is 0 Å². The second kappa shape index (κ2) is 8.15. The maximum atomic E-state index is 10.6. The highest BCUT2D eigenvalue weighted by Gasteiger charge is 2.31. The van der Waals surface area contributed by atoms with Gasteiger partial charge in [-0.1, -0.05) is 48.0 Å². The van der Waals surface area contributed by atoms with Crippen LogP contribution in [0.25, 0.3) is 11.1 Å². The summed E-state index contributed by atoms with van der Waals surface area (Å²) in [5.41, 5.74) is 4.53. The summed E-state index contributed by atoms with van der Waals surface area (Å²) in [6.07, 6.45) is 2.26. The summed E-state index contributed by atoms with van der Waals surface area (Å²) in [7, 11) is 0. The molecule has 1 saturated carbocycles. The Morgan fingerprint density at radius 2 is 1.93 bits per heavy atom. The van der Waals surface area contributed by atoms with Gasteiger partial charge < -0.3 is 14.9 Å². The summed E-state index contributed by atoms with van der Waals surface area (Å²) in [5.74, 6) is -0.319. The zero-order valence-corrected chi connectivity index (χ0v) is 16.0. The minimum atomic E-state index is -0.935. The van der Waals surface area contributed by atoms with Crippen LogP contribution in [0.15, 0.2) is 48.6 Å². The number of ether oxygens (including phenoxy) is 1. The number of carbonyl (C=O) groups is 1. The average molecular weight is 387 g/mol. The van der Waals surface area contributed by atoms with E-state index in [0.29, 0.717) is 22.9 Å². The Hall–Kier alpha value is -2.30. The molecule has 1 aliphatic carbocycles. The predicted molar refractivity (Wildman–Crippen MR) is 106 cm³/mol. The van der Waals surface area contributed by atoms with Gasteiger partial charge in [0.05, 0.1) is 6.10 Å². The zero-order valence-electron chi connectivity index (χ0n) is 15.2. The van der Waals surface area contributed by atoms with Crippen LogP contribution < -0.4 is 0 Å². The third-order valence-electron chi connectivity index (χ3n) is 4.88. The monoisotopic (exact) mass is 386 g/mol. The molecule has 0 unspecified atom stereocenters. The fraction of sp³-hybridized carbons (Fsp3) is 0.318. The quantitative estimate of drug-likeness (QED) is 0.643. The molecule has 0 radical (unpaired) electrons. The third kappa shape index (κ3) is 4.71. The van der Waals surface area contributed by atoms with E-state index < -0.39 is 5.97 Å². The zero-order chi connectivity index (χ0) is 19.6. The highest BCUT2D eigenvalue weighted by atomic mass is 35.5. The van der Waals surface area contributed by atoms with Gasteiger partial charge in [-0.15, -0.1) is 0 Å². The predicted octanol–water partition coefficient (Wildman–Crippen LogP) is 5.18. The highest BCUT2D eigenvalue weighted by molar-refractivity contribution is 6.31. The molecule has 0 spiro atoms. The van der Waals surface area contributed by atoms with E-state index >= 15 is 0 Å². The van der Waals surface area contributed by atoms with E-state index in [-0.39, 0.29) is 18.5 Å². The summed E-state index contributed by atoms with van der Waals surface area (Å²) in [4.78, 5) is 10.5. The van der Waals surface area contributed by atoms with Crippen LogP contribution in [0.4, 0.5) is 0 Å². The number of phenols is 1. The molecule has 0 heterocycles. The van der Waals surface area contributed by atoms with Crippen LogP contribution in [-0.2, 0) is 16.0 Å². The van der Waals surface area contributed by atoms with E-state index in [1.54, 1.807) is 12.1 Å². The number of rotatable bonds is 7. The van der Waals surface area contributed by atoms with Crippen LogP contribution in [0, 0.1) is 0 Å². The van der Waals surface area contributed by atoms with Crippen molar-refractivity contribution in [1.29, 1.82) is 0 Å². The molecule has 0 amide bonds. The lowest BCUT2D eigenvalue weighted by Crippen LogP contribution is -2.31. The largest absolute Gasteiger partial charge is 0.507 e. The smallest absolute Gasteiger partial charge is 0.329 e. The van der Waals surface area contributed by atoms with Gasteiger partial charge in [-0.2, -0.15) is 0 Å². The Kier molecular flexibility index (Phi) is 5.88. The van der Waals surface area contributed by atoms with Crippen molar-refractivity contribution in [3.8, 4) is 16.9 Å². The van der Waals surface area contributed by atoms with Gasteiger partial charge >= 0.3 is 5.97 Å². The first-order valence-electron chi connectivity index (χ1n) is 8.93. The van der Waals surface area contributed by atoms with Crippen molar-refractivity contribution in [2.75, 3.05) is 6.61 Å². The molecule has 4 nitrogen and oxygen atoms in total. The van der Waals surface area contributed by atoms with Gasteiger partial charge in [0.1, 0.15) is 12.4 Å². The molecule has 0 aromatic heterocycles. The lowest BCUT2D eigenvalue weighted by atomic mass is 9.77. The summed E-state index contributed by atoms with van der Waals surface area (Å²) < 4.78 is 5.30. The Balaban J connectivity index is 1.72. The fourth-order valence-electron chi connectivity index (χ4n) is 3.43. The van der Waals surface area contributed by atoms with Crippen LogP contribution in [0.5, 0.6) is 5.75 Å². The molecule has 5 heteroatoms. The molecule has 0 saturated heterocycles. The first-order chi connectivity index (χ1) is 12.8. The number of aromatic hydroxyl groups is 1. The number of hydrogen-bond acceptors (Lipinski definition) is 3. The number of hydrogen-bond donors (Lipinski definition) is 2. The van der Waals surface area contributed by atoms with Gasteiger partial charge in [0.15, 0.2) is 0 Å². The Morgan fingerprint density at radius 1 is 1.26 bits per heavy atom. The first-order valence-corrected chi connectivity index (χ1v) is 9.30. The van der Waals surface area contributed by atoms with E-state index in [0.717, 1.165) is 29.5 Å². The number of benzene rings is 2. The third-order valence-corrected chi connectivity index (χ3v) is 5.09. The van der Waals surface area contributed by atoms with Crippen molar-refractivity contribution < 1.29 is 19.7 Å². The van der Waals surface area contributed by atoms with Crippen molar-refractivity contribution in [1.82, 2.24) is 0 Å². The lowest BCUT2D eigenvalue weighted by molar-refractivity contribution is -0.146. The number of phenolic OH excluding ortho intramolecular Hbond substituents is 1. The van der Waals surface area contributed by atoms with E-state index in [9.17, 15) is 9.90 Å². The fourth-order valence-corrected chi connectivity index (χ4v) is 3.67. The van der Waals surface area contributed by atoms with Crippen LogP contribution in [0.1, 0.15) is 36.8 Å². The molecular formula is C22H23ClO4. The molecule has 3 rings (SSSR count). The molecule has 0 aliphatic heterocycles. The Labute approximate surface area is 164 Å². The minimum Gasteiger partial charge on any atom is -0.507 e. The highest BCUT2D eigenvalue weighted by Crippen LogP contribution is 2.41. The maximum Gasteiger partial charge on any atom is 0.329 e. The van der Waals surface area contributed by atoms with Crippen molar-refractivity contribution in [3.05, 3.63) is 64.7 Å². The average Bonchev–Trinajstić information content (AvgIpc) is 2.56. The molecule has 1 fully saturated rings. The summed E-state index contributed by atoms with van der Waals surface area (Å²) in [6.45, 7) is 5.58. The van der Waals surface area contributed by atoms with Crippen LogP contribution >= 0.6 is 11.6 Å². The standard InChI is InChI=1S/C22H23ClO4/c1-13(2)7-17-8-18(23)11-20(22(17)26)15-5-3-14(4-6-15)16-9-19(10-16)27-12-21(24)25/h3-6,8,11,16,19,26H,1,7,9-10,12H2,2H3,(H,24,25). The number of carboxylic acids is 1. The van der Waals surface area contributed by atoms with E-state index in [1.165, 1.54) is 5.56 Å². The van der Waals surface area contributed by atoms with Gasteiger partial charge in [-0.05, 0) is 60.9 Å². The summed E-state index contributed by atoms with van der Waals surface area (Å²) in [5, 5.41) is 19.9. The topological polar surface area (TPSA) is 66.8 Å². The molecule has 27 heavy (non-hydrogen) atoms. The molecule has 2 N–H and O–H groups in total. The Bertz CT molecular complexity index is 851. The SMILES string of the molecule is C=C(C)Cc1cc(Cl)cc(-c2ccc(C3CC(OCC(=O)O)C3)cc2)c1O. The maximum absolute atomic E-state index is 10.6. The van der Waals surface area contributed by atoms with Crippen LogP contribution in [0.2, 0.25) is 5.02 Å². The molecule has 0 atom stereocenters. The number of carboxylic acid groups (broad SMARTS) is 1. The van der Waals surface area contributed by atoms with E-state index in [1.807, 2.05) is 31.2 Å². The second-order valence-corrected chi connectivity index (χ2v) is 7.65. The van der Waals surface area contributed by atoms with Crippen LogP contribution in [0.3, 0.4) is 0 Å². The van der Waals surface area contributed by atoms with E-state index in [4.69, 9.17) is 21.4 Å². The first kappa shape index (κ1) is 19.5. The van der Waals surface area contributed by atoms with Gasteiger partial charge in [0.2, 0.25) is 0 Å². The molecule has 0 bridgehead atoms. The summed E-state index contributed by atoms with van der Waals surface area (Å²) >= 11 is 6.24. The van der Waals surface area contributed by atoms with Gasteiger partial charge in [-0.25, -0.2) is 4.79 Å².